The van der Waals surface area contributed by atoms with Gasteiger partial charge in [0.15, 0.2) is 0 Å². The zero-order chi connectivity index (χ0) is 11.7. The van der Waals surface area contributed by atoms with Gasteiger partial charge >= 0.3 is 0 Å². The van der Waals surface area contributed by atoms with E-state index < -0.39 is 0 Å². The molecule has 0 bridgehead atoms. The van der Waals surface area contributed by atoms with E-state index in [1.165, 1.54) is 31.4 Å². The van der Waals surface area contributed by atoms with E-state index in [9.17, 15) is 0 Å². The van der Waals surface area contributed by atoms with Gasteiger partial charge in [0.2, 0.25) is 0 Å². The Hall–Kier alpha value is -0.870. The molecule has 1 aliphatic heterocycles. The fourth-order valence-electron chi connectivity index (χ4n) is 2.77. The number of nitrogens with zero attached hydrogens (tertiary/aromatic N) is 3. The van der Waals surface area contributed by atoms with E-state index in [0.717, 1.165) is 31.7 Å². The number of hydrogen-bond acceptors (Lipinski definition) is 3. The van der Waals surface area contributed by atoms with Crippen molar-refractivity contribution in [2.24, 2.45) is 0 Å². The van der Waals surface area contributed by atoms with Gasteiger partial charge in [-0.15, -0.1) is 0 Å². The maximum absolute atomic E-state index is 4.31. The molecule has 4 heteroatoms. The first-order chi connectivity index (χ1) is 8.34. The van der Waals surface area contributed by atoms with Crippen molar-refractivity contribution in [3.05, 3.63) is 18.2 Å². The molecule has 0 spiro atoms. The number of piperidine rings is 1. The number of imidazole rings is 1. The quantitative estimate of drug-likeness (QED) is 0.855. The maximum atomic E-state index is 4.31. The first-order valence-electron chi connectivity index (χ1n) is 6.76. The van der Waals surface area contributed by atoms with Crippen LogP contribution in [-0.2, 0) is 6.54 Å². The second-order valence-electron chi connectivity index (χ2n) is 5.42. The van der Waals surface area contributed by atoms with Crippen LogP contribution in [0.3, 0.4) is 0 Å². The molecule has 0 radical (unpaired) electrons. The van der Waals surface area contributed by atoms with Crippen LogP contribution >= 0.6 is 0 Å². The average molecular weight is 234 g/mol. The van der Waals surface area contributed by atoms with Crippen molar-refractivity contribution in [2.45, 2.75) is 44.3 Å². The molecule has 1 aliphatic carbocycles. The summed E-state index contributed by atoms with van der Waals surface area (Å²) in [5.74, 6) is 0. The normalized spacial score (nSPS) is 22.2. The molecule has 3 rings (SSSR count). The molecule has 94 valence electrons. The Kier molecular flexibility index (Phi) is 3.16. The summed E-state index contributed by atoms with van der Waals surface area (Å²) in [6.45, 7) is 3.37. The third-order valence-electron chi connectivity index (χ3n) is 4.03. The van der Waals surface area contributed by atoms with Crippen LogP contribution in [-0.4, -0.2) is 40.6 Å². The van der Waals surface area contributed by atoms with Crippen LogP contribution in [0.2, 0.25) is 0 Å². The van der Waals surface area contributed by atoms with Crippen molar-refractivity contribution < 1.29 is 0 Å². The number of rotatable bonds is 4. The van der Waals surface area contributed by atoms with E-state index in [1.807, 2.05) is 12.5 Å². The monoisotopic (exact) mass is 234 g/mol. The van der Waals surface area contributed by atoms with Gasteiger partial charge in [0, 0.05) is 24.8 Å². The highest BCUT2D eigenvalue weighted by Gasteiger charge is 2.26. The fraction of sp³-hybridized carbons (Fsp3) is 0.769. The van der Waals surface area contributed by atoms with Gasteiger partial charge in [-0.3, -0.25) is 4.90 Å². The number of hydrogen-bond donors (Lipinski definition) is 1. The predicted molar refractivity (Wildman–Crippen MR) is 67.9 cm³/mol. The van der Waals surface area contributed by atoms with E-state index in [-0.39, 0.29) is 0 Å². The number of nitrogens with one attached hydrogen (secondary N) is 1. The molecule has 0 aromatic carbocycles. The third kappa shape index (κ3) is 2.53. The first kappa shape index (κ1) is 11.2. The molecule has 1 N–H and O–H groups in total. The van der Waals surface area contributed by atoms with Crippen molar-refractivity contribution in [3.8, 4) is 0 Å². The summed E-state index contributed by atoms with van der Waals surface area (Å²) in [4.78, 5) is 6.80. The summed E-state index contributed by atoms with van der Waals surface area (Å²) in [7, 11) is 2.25. The van der Waals surface area contributed by atoms with Crippen LogP contribution in [0.1, 0.15) is 37.4 Å². The largest absolute Gasteiger partial charge is 0.330 e. The lowest BCUT2D eigenvalue weighted by molar-refractivity contribution is 0.188. The molecule has 1 aromatic rings. The van der Waals surface area contributed by atoms with Gasteiger partial charge in [0.25, 0.3) is 0 Å². The lowest BCUT2D eigenvalue weighted by Crippen LogP contribution is -2.41. The van der Waals surface area contributed by atoms with Crippen molar-refractivity contribution in [1.82, 2.24) is 19.8 Å². The predicted octanol–water partition coefficient (Wildman–Crippen LogP) is 1.40. The van der Waals surface area contributed by atoms with Crippen LogP contribution in [0, 0.1) is 0 Å². The van der Waals surface area contributed by atoms with E-state index in [2.05, 4.69) is 26.8 Å². The van der Waals surface area contributed by atoms with Crippen molar-refractivity contribution in [1.29, 1.82) is 0 Å². The highest BCUT2D eigenvalue weighted by Crippen LogP contribution is 2.35. The standard InChI is InChI=1S/C13H22N4/c1-16(11-4-6-14-7-5-11)9-13-8-15-10-17(13)12-2-3-12/h8,10-12,14H,2-7,9H2,1H3. The lowest BCUT2D eigenvalue weighted by Gasteiger charge is -2.31. The Balaban J connectivity index is 1.62. The maximum Gasteiger partial charge on any atom is 0.0951 e. The Bertz CT molecular complexity index is 363. The lowest BCUT2D eigenvalue weighted by atomic mass is 10.1. The summed E-state index contributed by atoms with van der Waals surface area (Å²) in [6.07, 6.45) is 9.25. The molecule has 1 saturated heterocycles. The Morgan fingerprint density at radius 2 is 2.12 bits per heavy atom. The highest BCUT2D eigenvalue weighted by molar-refractivity contribution is 5.03. The molecule has 0 unspecified atom stereocenters. The molecular formula is C13H22N4. The van der Waals surface area contributed by atoms with Crippen molar-refractivity contribution >= 4 is 0 Å². The molecule has 1 saturated carbocycles. The molecule has 0 amide bonds. The summed E-state index contributed by atoms with van der Waals surface area (Å²) < 4.78 is 2.37. The Labute approximate surface area is 103 Å². The molecule has 4 nitrogen and oxygen atoms in total. The molecule has 17 heavy (non-hydrogen) atoms. The second-order valence-corrected chi connectivity index (χ2v) is 5.42. The minimum absolute atomic E-state index is 0.735. The van der Waals surface area contributed by atoms with E-state index in [0.29, 0.717) is 0 Å². The molecule has 1 aromatic heterocycles. The van der Waals surface area contributed by atoms with Crippen LogP contribution in [0.4, 0.5) is 0 Å². The van der Waals surface area contributed by atoms with E-state index >= 15 is 0 Å². The topological polar surface area (TPSA) is 33.1 Å². The summed E-state index contributed by atoms with van der Waals surface area (Å²) in [5, 5.41) is 3.42. The second kappa shape index (κ2) is 4.78. The Morgan fingerprint density at radius 3 is 2.82 bits per heavy atom. The third-order valence-corrected chi connectivity index (χ3v) is 4.03. The minimum Gasteiger partial charge on any atom is -0.330 e. The smallest absolute Gasteiger partial charge is 0.0951 e. The van der Waals surface area contributed by atoms with Gasteiger partial charge in [0.05, 0.1) is 12.0 Å². The van der Waals surface area contributed by atoms with Gasteiger partial charge in [0.1, 0.15) is 0 Å². The van der Waals surface area contributed by atoms with E-state index in [4.69, 9.17) is 0 Å². The molecule has 2 heterocycles. The van der Waals surface area contributed by atoms with Gasteiger partial charge in [-0.2, -0.15) is 0 Å². The highest BCUT2D eigenvalue weighted by atomic mass is 15.2. The zero-order valence-corrected chi connectivity index (χ0v) is 10.6. The average Bonchev–Trinajstić information content (AvgIpc) is 3.11. The van der Waals surface area contributed by atoms with Crippen LogP contribution < -0.4 is 5.32 Å². The van der Waals surface area contributed by atoms with Gasteiger partial charge in [-0.1, -0.05) is 0 Å². The molecule has 0 atom stereocenters. The van der Waals surface area contributed by atoms with Gasteiger partial charge < -0.3 is 9.88 Å². The van der Waals surface area contributed by atoms with Gasteiger partial charge in [-0.05, 0) is 45.8 Å². The van der Waals surface area contributed by atoms with Gasteiger partial charge in [-0.25, -0.2) is 4.98 Å². The molecule has 2 fully saturated rings. The SMILES string of the molecule is CN(Cc1cncn1C1CC1)C1CCNCC1. The number of aromatic nitrogens is 2. The van der Waals surface area contributed by atoms with Crippen LogP contribution in [0.5, 0.6) is 0 Å². The minimum atomic E-state index is 0.735. The molecule has 2 aliphatic rings. The van der Waals surface area contributed by atoms with Crippen molar-refractivity contribution in [3.63, 3.8) is 0 Å². The summed E-state index contributed by atoms with van der Waals surface area (Å²) in [5.41, 5.74) is 1.38. The fourth-order valence-corrected chi connectivity index (χ4v) is 2.77. The van der Waals surface area contributed by atoms with Crippen molar-refractivity contribution in [2.75, 3.05) is 20.1 Å². The molecular weight excluding hydrogens is 212 g/mol. The summed E-state index contributed by atoms with van der Waals surface area (Å²) in [6, 6.07) is 1.48. The van der Waals surface area contributed by atoms with E-state index in [1.54, 1.807) is 0 Å². The zero-order valence-electron chi connectivity index (χ0n) is 10.6. The Morgan fingerprint density at radius 1 is 1.35 bits per heavy atom. The summed E-state index contributed by atoms with van der Waals surface area (Å²) >= 11 is 0. The van der Waals surface area contributed by atoms with Crippen LogP contribution in [0.15, 0.2) is 12.5 Å². The first-order valence-corrected chi connectivity index (χ1v) is 6.76. The van der Waals surface area contributed by atoms with Crippen LogP contribution in [0.25, 0.3) is 0 Å².